The van der Waals surface area contributed by atoms with Crippen LogP contribution in [-0.2, 0) is 12.0 Å². The van der Waals surface area contributed by atoms with Crippen molar-refractivity contribution in [3.8, 4) is 0 Å². The third-order valence-corrected chi connectivity index (χ3v) is 3.71. The van der Waals surface area contributed by atoms with Gasteiger partial charge in [-0.15, -0.1) is 0 Å². The minimum absolute atomic E-state index is 0.0689. The number of carbonyl (C=O) groups is 1. The van der Waals surface area contributed by atoms with E-state index in [4.69, 9.17) is 8.94 Å². The van der Waals surface area contributed by atoms with Gasteiger partial charge in [0.2, 0.25) is 0 Å². The van der Waals surface area contributed by atoms with E-state index in [1.54, 1.807) is 26.8 Å². The second-order valence-corrected chi connectivity index (χ2v) is 5.70. The average molecular weight is 306 g/mol. The van der Waals surface area contributed by atoms with E-state index in [0.29, 0.717) is 34.8 Å². The predicted molar refractivity (Wildman–Crippen MR) is 80.7 cm³/mol. The molecule has 2 aromatic rings. The second-order valence-electron chi connectivity index (χ2n) is 5.70. The smallest absolute Gasteiger partial charge is 0.256 e. The van der Waals surface area contributed by atoms with Crippen LogP contribution in [0.4, 0.5) is 0 Å². The van der Waals surface area contributed by atoms with Crippen LogP contribution in [0.1, 0.15) is 52.7 Å². The molecule has 1 amide bonds. The first kappa shape index (κ1) is 16.3. The molecule has 2 rings (SSSR count). The van der Waals surface area contributed by atoms with Crippen molar-refractivity contribution in [2.75, 3.05) is 6.54 Å². The summed E-state index contributed by atoms with van der Waals surface area (Å²) in [5.41, 5.74) is 0.515. The van der Waals surface area contributed by atoms with E-state index in [-0.39, 0.29) is 12.5 Å². The lowest BCUT2D eigenvalue weighted by molar-refractivity contribution is 0.0513. The molecule has 0 aliphatic heterocycles. The Kier molecular flexibility index (Phi) is 4.42. The quantitative estimate of drug-likeness (QED) is 0.885. The third-order valence-electron chi connectivity index (χ3n) is 3.71. The van der Waals surface area contributed by atoms with E-state index < -0.39 is 5.60 Å². The highest BCUT2D eigenvalue weighted by molar-refractivity contribution is 5.96. The maximum absolute atomic E-state index is 12.3. The van der Waals surface area contributed by atoms with Gasteiger partial charge in [-0.25, -0.2) is 0 Å². The van der Waals surface area contributed by atoms with E-state index >= 15 is 0 Å². The molecule has 120 valence electrons. The summed E-state index contributed by atoms with van der Waals surface area (Å²) < 4.78 is 10.5. The molecule has 22 heavy (non-hydrogen) atoms. The molecule has 6 heteroatoms. The van der Waals surface area contributed by atoms with E-state index in [0.717, 1.165) is 5.76 Å². The summed E-state index contributed by atoms with van der Waals surface area (Å²) in [5, 5.41) is 17.2. The van der Waals surface area contributed by atoms with Crippen LogP contribution in [0.5, 0.6) is 0 Å². The van der Waals surface area contributed by atoms with Gasteiger partial charge in [-0.3, -0.25) is 4.79 Å². The van der Waals surface area contributed by atoms with Gasteiger partial charge >= 0.3 is 0 Å². The monoisotopic (exact) mass is 306 g/mol. The van der Waals surface area contributed by atoms with Gasteiger partial charge in [-0.1, -0.05) is 12.1 Å². The topological polar surface area (TPSA) is 88.5 Å². The molecular weight excluding hydrogens is 284 g/mol. The number of nitrogens with zero attached hydrogens (tertiary/aromatic N) is 1. The molecule has 0 radical (unpaired) electrons. The largest absolute Gasteiger partial charge is 0.466 e. The average Bonchev–Trinajstić information content (AvgIpc) is 2.99. The summed E-state index contributed by atoms with van der Waals surface area (Å²) in [7, 11) is 0. The minimum atomic E-state index is -1.21. The fourth-order valence-corrected chi connectivity index (χ4v) is 2.55. The maximum atomic E-state index is 12.3. The van der Waals surface area contributed by atoms with E-state index in [1.165, 1.54) is 0 Å². The molecule has 2 aromatic heterocycles. The summed E-state index contributed by atoms with van der Waals surface area (Å²) in [6, 6.07) is 1.78. The van der Waals surface area contributed by atoms with Crippen LogP contribution in [0.15, 0.2) is 15.0 Å². The number of aromatic nitrogens is 1. The number of aliphatic hydroxyl groups is 1. The van der Waals surface area contributed by atoms with E-state index in [2.05, 4.69) is 10.5 Å². The zero-order valence-corrected chi connectivity index (χ0v) is 13.6. The molecule has 0 aromatic carbocycles. The number of carbonyl (C=O) groups excluding carboxylic acids is 1. The van der Waals surface area contributed by atoms with Crippen LogP contribution in [0.3, 0.4) is 0 Å². The van der Waals surface area contributed by atoms with Crippen LogP contribution < -0.4 is 5.32 Å². The van der Waals surface area contributed by atoms with Gasteiger partial charge in [0, 0.05) is 5.56 Å². The highest BCUT2D eigenvalue weighted by Gasteiger charge is 2.29. The minimum Gasteiger partial charge on any atom is -0.466 e. The summed E-state index contributed by atoms with van der Waals surface area (Å²) >= 11 is 0. The predicted octanol–water partition coefficient (Wildman–Crippen LogP) is 2.39. The van der Waals surface area contributed by atoms with E-state index in [1.807, 2.05) is 13.8 Å². The van der Waals surface area contributed by atoms with Crippen LogP contribution in [0, 0.1) is 20.8 Å². The van der Waals surface area contributed by atoms with Crippen molar-refractivity contribution in [2.45, 2.75) is 46.6 Å². The standard InChI is InChI=1S/C16H22N2O4/c1-6-13-14(11(4)22-18-13)15(19)17-8-16(5,20)12-7-9(2)21-10(12)3/h7,20H,6,8H2,1-5H3,(H,17,19)/t16-/m0/s1. The van der Waals surface area contributed by atoms with Crippen molar-refractivity contribution < 1.29 is 18.8 Å². The van der Waals surface area contributed by atoms with E-state index in [9.17, 15) is 9.90 Å². The van der Waals surface area contributed by atoms with Crippen molar-refractivity contribution in [2.24, 2.45) is 0 Å². The molecule has 0 aliphatic rings. The first-order valence-electron chi connectivity index (χ1n) is 7.29. The molecule has 2 N–H and O–H groups in total. The molecule has 2 heterocycles. The lowest BCUT2D eigenvalue weighted by Gasteiger charge is -2.23. The fraction of sp³-hybridized carbons (Fsp3) is 0.500. The molecule has 0 bridgehead atoms. The number of hydrogen-bond acceptors (Lipinski definition) is 5. The Hall–Kier alpha value is -2.08. The normalized spacial score (nSPS) is 13.9. The zero-order valence-electron chi connectivity index (χ0n) is 13.6. The molecule has 1 atom stereocenters. The van der Waals surface area contributed by atoms with Gasteiger partial charge in [-0.05, 0) is 40.2 Å². The Labute approximate surface area is 129 Å². The molecule has 0 saturated heterocycles. The number of amides is 1. The van der Waals surface area contributed by atoms with Crippen LogP contribution in [0.2, 0.25) is 0 Å². The molecule has 6 nitrogen and oxygen atoms in total. The molecule has 0 aliphatic carbocycles. The number of furan rings is 1. The second kappa shape index (κ2) is 5.96. The van der Waals surface area contributed by atoms with Gasteiger partial charge in [0.1, 0.15) is 28.4 Å². The molecule has 0 saturated carbocycles. The Morgan fingerprint density at radius 2 is 2.05 bits per heavy atom. The molecule has 0 unspecified atom stereocenters. The third kappa shape index (κ3) is 3.06. The summed E-state index contributed by atoms with van der Waals surface area (Å²) in [6.45, 7) is 8.92. The van der Waals surface area contributed by atoms with Gasteiger partial charge in [-0.2, -0.15) is 0 Å². The van der Waals surface area contributed by atoms with Crippen molar-refractivity contribution in [3.05, 3.63) is 40.2 Å². The summed E-state index contributed by atoms with van der Waals surface area (Å²) in [6.07, 6.45) is 0.608. The highest BCUT2D eigenvalue weighted by atomic mass is 16.5. The summed E-state index contributed by atoms with van der Waals surface area (Å²) in [5.74, 6) is 1.55. The highest BCUT2D eigenvalue weighted by Crippen LogP contribution is 2.26. The van der Waals surface area contributed by atoms with Crippen LogP contribution in [0.25, 0.3) is 0 Å². The number of hydrogen-bond donors (Lipinski definition) is 2. The van der Waals surface area contributed by atoms with Crippen LogP contribution >= 0.6 is 0 Å². The van der Waals surface area contributed by atoms with Crippen molar-refractivity contribution in [3.63, 3.8) is 0 Å². The van der Waals surface area contributed by atoms with Gasteiger partial charge < -0.3 is 19.4 Å². The van der Waals surface area contributed by atoms with Gasteiger partial charge in [0.05, 0.1) is 12.2 Å². The number of aryl methyl sites for hydroxylation is 4. The lowest BCUT2D eigenvalue weighted by Crippen LogP contribution is -2.39. The number of nitrogens with one attached hydrogen (secondary N) is 1. The fourth-order valence-electron chi connectivity index (χ4n) is 2.55. The molecule has 0 fully saturated rings. The SMILES string of the molecule is CCc1noc(C)c1C(=O)NC[C@](C)(O)c1cc(C)oc1C. The molecule has 0 spiro atoms. The molecular formula is C16H22N2O4. The van der Waals surface area contributed by atoms with Gasteiger partial charge in [0.15, 0.2) is 0 Å². The van der Waals surface area contributed by atoms with Crippen molar-refractivity contribution in [1.82, 2.24) is 10.5 Å². The Bertz CT molecular complexity index is 682. The Morgan fingerprint density at radius 1 is 1.36 bits per heavy atom. The maximum Gasteiger partial charge on any atom is 0.256 e. The number of rotatable bonds is 5. The summed E-state index contributed by atoms with van der Waals surface area (Å²) in [4.78, 5) is 12.3. The first-order valence-corrected chi connectivity index (χ1v) is 7.29. The van der Waals surface area contributed by atoms with Crippen molar-refractivity contribution in [1.29, 1.82) is 0 Å². The van der Waals surface area contributed by atoms with Crippen molar-refractivity contribution >= 4 is 5.91 Å². The lowest BCUT2D eigenvalue weighted by atomic mass is 9.96. The van der Waals surface area contributed by atoms with Crippen LogP contribution in [-0.4, -0.2) is 22.7 Å². The Balaban J connectivity index is 2.13. The Morgan fingerprint density at radius 3 is 2.59 bits per heavy atom. The zero-order chi connectivity index (χ0) is 16.5. The first-order chi connectivity index (χ1) is 10.3. The van der Waals surface area contributed by atoms with Gasteiger partial charge in [0.25, 0.3) is 5.91 Å².